The molecule has 0 atom stereocenters. The molecular formula is C28H28N2O3. The maximum absolute atomic E-state index is 13.6. The van der Waals surface area contributed by atoms with Gasteiger partial charge < -0.3 is 10.1 Å². The minimum absolute atomic E-state index is 0.133. The number of aryl methyl sites for hydroxylation is 4. The molecule has 168 valence electrons. The van der Waals surface area contributed by atoms with Crippen LogP contribution in [0.3, 0.4) is 0 Å². The third-order valence-corrected chi connectivity index (χ3v) is 6.26. The summed E-state index contributed by atoms with van der Waals surface area (Å²) in [4.78, 5) is 28.4. The number of nitrogens with zero attached hydrogens (tertiary/aromatic N) is 1. The zero-order valence-electron chi connectivity index (χ0n) is 19.7. The van der Waals surface area contributed by atoms with Crippen LogP contribution in [0.15, 0.2) is 66.4 Å². The number of anilines is 1. The van der Waals surface area contributed by atoms with Crippen LogP contribution in [0.4, 0.5) is 5.69 Å². The quantitative estimate of drug-likeness (QED) is 0.527. The fourth-order valence-electron chi connectivity index (χ4n) is 3.97. The van der Waals surface area contributed by atoms with Crippen LogP contribution >= 0.6 is 0 Å². The van der Waals surface area contributed by atoms with Crippen molar-refractivity contribution in [3.8, 4) is 5.75 Å². The maximum Gasteiger partial charge on any atom is 0.278 e. The van der Waals surface area contributed by atoms with Crippen LogP contribution < -0.4 is 10.1 Å². The number of hydrogen-bond donors (Lipinski definition) is 1. The Morgan fingerprint density at radius 3 is 2.12 bits per heavy atom. The number of methoxy groups -OCH3 is 1. The summed E-state index contributed by atoms with van der Waals surface area (Å²) in [6, 6.07) is 19.2. The molecule has 1 heterocycles. The Hall–Kier alpha value is -3.86. The van der Waals surface area contributed by atoms with Crippen molar-refractivity contribution in [3.63, 3.8) is 0 Å². The van der Waals surface area contributed by atoms with Crippen molar-refractivity contribution >= 4 is 23.1 Å². The van der Waals surface area contributed by atoms with Gasteiger partial charge in [0.15, 0.2) is 0 Å². The number of ether oxygens (including phenoxy) is 1. The summed E-state index contributed by atoms with van der Waals surface area (Å²) in [5.74, 6) is -0.0285. The predicted octanol–water partition coefficient (Wildman–Crippen LogP) is 5.32. The van der Waals surface area contributed by atoms with E-state index in [1.807, 2.05) is 88.4 Å². The minimum Gasteiger partial charge on any atom is -0.496 e. The van der Waals surface area contributed by atoms with E-state index in [2.05, 4.69) is 5.32 Å². The molecule has 3 aromatic carbocycles. The minimum atomic E-state index is -0.350. The van der Waals surface area contributed by atoms with Crippen LogP contribution in [0.5, 0.6) is 5.75 Å². The highest BCUT2D eigenvalue weighted by Crippen LogP contribution is 2.33. The Balaban J connectivity index is 1.78. The molecule has 1 aliphatic heterocycles. The fraction of sp³-hybridized carbons (Fsp3) is 0.214. The molecule has 0 saturated heterocycles. The van der Waals surface area contributed by atoms with Gasteiger partial charge in [0.05, 0.1) is 19.2 Å². The number of rotatable bonds is 6. The highest BCUT2D eigenvalue weighted by molar-refractivity contribution is 6.36. The van der Waals surface area contributed by atoms with Gasteiger partial charge >= 0.3 is 0 Å². The van der Waals surface area contributed by atoms with Gasteiger partial charge in [-0.3, -0.25) is 14.5 Å². The van der Waals surface area contributed by atoms with Crippen LogP contribution in [-0.4, -0.2) is 23.8 Å². The second kappa shape index (κ2) is 8.94. The zero-order chi connectivity index (χ0) is 23.7. The average molecular weight is 441 g/mol. The van der Waals surface area contributed by atoms with E-state index < -0.39 is 0 Å². The van der Waals surface area contributed by atoms with Crippen molar-refractivity contribution in [2.24, 2.45) is 0 Å². The number of hydrogen-bond acceptors (Lipinski definition) is 4. The smallest absolute Gasteiger partial charge is 0.278 e. The molecule has 5 nitrogen and oxygen atoms in total. The number of carbonyl (C=O) groups excluding carboxylic acids is 2. The summed E-state index contributed by atoms with van der Waals surface area (Å²) in [6.45, 7) is 8.22. The fourth-order valence-corrected chi connectivity index (χ4v) is 3.97. The first-order valence-corrected chi connectivity index (χ1v) is 10.9. The van der Waals surface area contributed by atoms with Gasteiger partial charge in [-0.25, -0.2) is 0 Å². The third kappa shape index (κ3) is 4.27. The molecule has 1 N–H and O–H groups in total. The first kappa shape index (κ1) is 22.3. The Labute approximate surface area is 194 Å². The Morgan fingerprint density at radius 1 is 0.788 bits per heavy atom. The number of carbonyl (C=O) groups is 2. The molecule has 0 unspecified atom stereocenters. The van der Waals surface area contributed by atoms with Crippen LogP contribution in [0, 0.1) is 27.7 Å². The Bertz CT molecular complexity index is 1290. The number of amides is 2. The summed E-state index contributed by atoms with van der Waals surface area (Å²) in [5.41, 5.74) is 7.41. The van der Waals surface area contributed by atoms with E-state index >= 15 is 0 Å². The summed E-state index contributed by atoms with van der Waals surface area (Å²) in [6.07, 6.45) is 0. The molecule has 3 aromatic rings. The predicted molar refractivity (Wildman–Crippen MR) is 131 cm³/mol. The molecule has 33 heavy (non-hydrogen) atoms. The standard InChI is InChI=1S/C28H28N2O3/c1-17-10-12-21(14-19(17)3)25-26(29-23-13-11-18(2)20(4)15-23)28(32)30(27(25)31)16-22-8-6-7-9-24(22)33-5/h6-15,29H,16H2,1-5H3. The lowest BCUT2D eigenvalue weighted by Gasteiger charge is -2.17. The second-order valence-corrected chi connectivity index (χ2v) is 8.48. The molecule has 0 saturated carbocycles. The number of para-hydroxylation sites is 1. The van der Waals surface area contributed by atoms with E-state index in [1.165, 1.54) is 4.90 Å². The summed E-state index contributed by atoms with van der Waals surface area (Å²) in [7, 11) is 1.58. The zero-order valence-corrected chi connectivity index (χ0v) is 19.7. The molecule has 0 spiro atoms. The van der Waals surface area contributed by atoms with Crippen molar-refractivity contribution in [2.75, 3.05) is 12.4 Å². The Morgan fingerprint density at radius 2 is 1.45 bits per heavy atom. The van der Waals surface area contributed by atoms with E-state index in [1.54, 1.807) is 7.11 Å². The molecule has 0 radical (unpaired) electrons. The normalized spacial score (nSPS) is 13.7. The van der Waals surface area contributed by atoms with Crippen LogP contribution in [0.25, 0.3) is 5.57 Å². The average Bonchev–Trinajstić information content (AvgIpc) is 3.02. The molecule has 0 aromatic heterocycles. The summed E-state index contributed by atoms with van der Waals surface area (Å²) >= 11 is 0. The van der Waals surface area contributed by atoms with Gasteiger partial charge in [-0.05, 0) is 73.7 Å². The molecule has 4 rings (SSSR count). The molecule has 1 aliphatic rings. The first-order chi connectivity index (χ1) is 15.8. The van der Waals surface area contributed by atoms with Crippen LogP contribution in [-0.2, 0) is 16.1 Å². The lowest BCUT2D eigenvalue weighted by molar-refractivity contribution is -0.137. The lowest BCUT2D eigenvalue weighted by Crippen LogP contribution is -2.32. The van der Waals surface area contributed by atoms with E-state index in [-0.39, 0.29) is 18.4 Å². The van der Waals surface area contributed by atoms with E-state index in [0.717, 1.165) is 39.1 Å². The highest BCUT2D eigenvalue weighted by atomic mass is 16.5. The van der Waals surface area contributed by atoms with Crippen molar-refractivity contribution in [2.45, 2.75) is 34.2 Å². The number of benzene rings is 3. The van der Waals surface area contributed by atoms with Gasteiger partial charge in [-0.1, -0.05) is 42.5 Å². The number of nitrogens with one attached hydrogen (secondary N) is 1. The van der Waals surface area contributed by atoms with Gasteiger partial charge in [0.2, 0.25) is 0 Å². The van der Waals surface area contributed by atoms with Gasteiger partial charge in [0.1, 0.15) is 11.4 Å². The lowest BCUT2D eigenvalue weighted by atomic mass is 9.99. The van der Waals surface area contributed by atoms with E-state index in [4.69, 9.17) is 4.74 Å². The second-order valence-electron chi connectivity index (χ2n) is 8.48. The van der Waals surface area contributed by atoms with Crippen molar-refractivity contribution in [3.05, 3.63) is 99.7 Å². The molecule has 5 heteroatoms. The summed E-state index contributed by atoms with van der Waals surface area (Å²) < 4.78 is 5.43. The van der Waals surface area contributed by atoms with Crippen molar-refractivity contribution in [1.82, 2.24) is 4.90 Å². The molecular weight excluding hydrogens is 412 g/mol. The molecule has 0 fully saturated rings. The van der Waals surface area contributed by atoms with E-state index in [0.29, 0.717) is 17.0 Å². The molecule has 0 bridgehead atoms. The molecule has 0 aliphatic carbocycles. The van der Waals surface area contributed by atoms with Gasteiger partial charge in [-0.2, -0.15) is 0 Å². The Kier molecular flexibility index (Phi) is 6.05. The van der Waals surface area contributed by atoms with E-state index in [9.17, 15) is 9.59 Å². The largest absolute Gasteiger partial charge is 0.496 e. The molecule has 2 amide bonds. The van der Waals surface area contributed by atoms with Gasteiger partial charge in [-0.15, -0.1) is 0 Å². The SMILES string of the molecule is COc1ccccc1CN1C(=O)C(Nc2ccc(C)c(C)c2)=C(c2ccc(C)c(C)c2)C1=O. The summed E-state index contributed by atoms with van der Waals surface area (Å²) in [5, 5.41) is 3.25. The maximum atomic E-state index is 13.6. The van der Waals surface area contributed by atoms with Crippen LogP contribution in [0.1, 0.15) is 33.4 Å². The number of imide groups is 1. The topological polar surface area (TPSA) is 58.6 Å². The van der Waals surface area contributed by atoms with Crippen molar-refractivity contribution < 1.29 is 14.3 Å². The third-order valence-electron chi connectivity index (χ3n) is 6.26. The van der Waals surface area contributed by atoms with Crippen molar-refractivity contribution in [1.29, 1.82) is 0 Å². The first-order valence-electron chi connectivity index (χ1n) is 10.9. The monoisotopic (exact) mass is 440 g/mol. The highest BCUT2D eigenvalue weighted by Gasteiger charge is 2.39. The van der Waals surface area contributed by atoms with Gasteiger partial charge in [0.25, 0.3) is 11.8 Å². The van der Waals surface area contributed by atoms with Crippen LogP contribution in [0.2, 0.25) is 0 Å². The van der Waals surface area contributed by atoms with Gasteiger partial charge in [0, 0.05) is 11.3 Å².